The Morgan fingerprint density at radius 1 is 1.28 bits per heavy atom. The topological polar surface area (TPSA) is 93.9 Å². The van der Waals surface area contributed by atoms with E-state index in [2.05, 4.69) is 15.2 Å². The number of halogens is 1. The van der Waals surface area contributed by atoms with Gasteiger partial charge in [-0.1, -0.05) is 53.7 Å². The molecule has 0 bridgehead atoms. The molecule has 2 aromatic carbocycles. The molecule has 8 heteroatoms. The summed E-state index contributed by atoms with van der Waals surface area (Å²) in [6.07, 6.45) is 0. The van der Waals surface area contributed by atoms with Gasteiger partial charge in [0.15, 0.2) is 5.82 Å². The SMILES string of the molecule is COc1ccc(Cl)cc1-c1nc(SC(C(N)=O)c2ccccc2)n[nH]1. The van der Waals surface area contributed by atoms with Gasteiger partial charge in [-0.2, -0.15) is 0 Å². The van der Waals surface area contributed by atoms with E-state index in [-0.39, 0.29) is 0 Å². The molecule has 1 unspecified atom stereocenters. The second-order valence-corrected chi connectivity index (χ2v) is 6.63. The van der Waals surface area contributed by atoms with Crippen molar-refractivity contribution in [1.82, 2.24) is 15.2 Å². The Morgan fingerprint density at radius 3 is 2.72 bits per heavy atom. The van der Waals surface area contributed by atoms with Gasteiger partial charge in [-0.3, -0.25) is 9.89 Å². The minimum Gasteiger partial charge on any atom is -0.496 e. The molecule has 0 spiro atoms. The molecule has 6 nitrogen and oxygen atoms in total. The lowest BCUT2D eigenvalue weighted by molar-refractivity contribution is -0.117. The van der Waals surface area contributed by atoms with Gasteiger partial charge in [0.05, 0.1) is 12.7 Å². The molecule has 0 aliphatic heterocycles. The number of carbonyl (C=O) groups is 1. The molecule has 1 heterocycles. The summed E-state index contributed by atoms with van der Waals surface area (Å²) >= 11 is 7.23. The van der Waals surface area contributed by atoms with E-state index in [0.717, 1.165) is 5.56 Å². The van der Waals surface area contributed by atoms with Crippen molar-refractivity contribution in [2.45, 2.75) is 10.4 Å². The van der Waals surface area contributed by atoms with Crippen molar-refractivity contribution in [3.8, 4) is 17.1 Å². The molecular weight excluding hydrogens is 360 g/mol. The minimum atomic E-state index is -0.578. The lowest BCUT2D eigenvalue weighted by atomic mass is 10.1. The highest BCUT2D eigenvalue weighted by Gasteiger charge is 2.22. The second kappa shape index (κ2) is 7.58. The Morgan fingerprint density at radius 2 is 2.04 bits per heavy atom. The van der Waals surface area contributed by atoms with Crippen molar-refractivity contribution in [2.24, 2.45) is 5.73 Å². The zero-order valence-electron chi connectivity index (χ0n) is 13.3. The summed E-state index contributed by atoms with van der Waals surface area (Å²) in [5.41, 5.74) is 7.02. The summed E-state index contributed by atoms with van der Waals surface area (Å²) in [7, 11) is 1.57. The number of nitrogens with one attached hydrogen (secondary N) is 1. The van der Waals surface area contributed by atoms with Crippen LogP contribution >= 0.6 is 23.4 Å². The Kier molecular flexibility index (Phi) is 5.25. The average Bonchev–Trinajstić information content (AvgIpc) is 3.08. The molecule has 1 amide bonds. The number of carbonyl (C=O) groups excluding carboxylic acids is 1. The van der Waals surface area contributed by atoms with Gasteiger partial charge >= 0.3 is 0 Å². The summed E-state index contributed by atoms with van der Waals surface area (Å²) in [5, 5.41) is 7.40. The fourth-order valence-electron chi connectivity index (χ4n) is 2.31. The molecule has 0 saturated heterocycles. The highest BCUT2D eigenvalue weighted by Crippen LogP contribution is 2.35. The van der Waals surface area contributed by atoms with Gasteiger partial charge in [0, 0.05) is 5.02 Å². The largest absolute Gasteiger partial charge is 0.496 e. The van der Waals surface area contributed by atoms with Crippen LogP contribution in [0.15, 0.2) is 53.7 Å². The third kappa shape index (κ3) is 3.94. The van der Waals surface area contributed by atoms with E-state index in [9.17, 15) is 4.79 Å². The van der Waals surface area contributed by atoms with E-state index < -0.39 is 11.2 Å². The van der Waals surface area contributed by atoms with Gasteiger partial charge in [0.25, 0.3) is 0 Å². The summed E-state index contributed by atoms with van der Waals surface area (Å²) in [5.74, 6) is 0.660. The Bertz CT molecular complexity index is 885. The third-order valence-corrected chi connectivity index (χ3v) is 4.83. The molecule has 25 heavy (non-hydrogen) atoms. The van der Waals surface area contributed by atoms with Crippen molar-refractivity contribution >= 4 is 29.3 Å². The highest BCUT2D eigenvalue weighted by molar-refractivity contribution is 8.00. The van der Waals surface area contributed by atoms with Crippen LogP contribution in [-0.2, 0) is 4.79 Å². The van der Waals surface area contributed by atoms with Crippen LogP contribution in [0.4, 0.5) is 0 Å². The Hall–Kier alpha value is -2.51. The number of thioether (sulfide) groups is 1. The van der Waals surface area contributed by atoms with Gasteiger partial charge in [0.1, 0.15) is 11.0 Å². The molecule has 0 fully saturated rings. The number of primary amides is 1. The second-order valence-electron chi connectivity index (χ2n) is 5.12. The number of nitrogens with two attached hydrogens (primary N) is 1. The molecule has 0 aliphatic rings. The molecular formula is C17H15ClN4O2S. The number of benzene rings is 2. The van der Waals surface area contributed by atoms with Crippen LogP contribution in [0.1, 0.15) is 10.8 Å². The van der Waals surface area contributed by atoms with Gasteiger partial charge < -0.3 is 10.5 Å². The van der Waals surface area contributed by atoms with E-state index in [4.69, 9.17) is 22.1 Å². The van der Waals surface area contributed by atoms with E-state index in [0.29, 0.717) is 27.3 Å². The number of methoxy groups -OCH3 is 1. The summed E-state index contributed by atoms with van der Waals surface area (Å²) in [6, 6.07) is 14.5. The number of hydrogen-bond acceptors (Lipinski definition) is 5. The summed E-state index contributed by atoms with van der Waals surface area (Å²) in [6.45, 7) is 0. The number of hydrogen-bond donors (Lipinski definition) is 2. The standard InChI is InChI=1S/C17H15ClN4O2S/c1-24-13-8-7-11(18)9-12(13)16-20-17(22-21-16)25-14(15(19)23)10-5-3-2-4-6-10/h2-9,14H,1H3,(H2,19,23)(H,20,21,22). The zero-order chi connectivity index (χ0) is 17.8. The van der Waals surface area contributed by atoms with Crippen molar-refractivity contribution in [1.29, 1.82) is 0 Å². The molecule has 3 aromatic rings. The number of ether oxygens (including phenoxy) is 1. The van der Waals surface area contributed by atoms with E-state index >= 15 is 0 Å². The van der Waals surface area contributed by atoms with E-state index in [1.54, 1.807) is 25.3 Å². The maximum atomic E-state index is 11.8. The number of rotatable bonds is 6. The summed E-state index contributed by atoms with van der Waals surface area (Å²) in [4.78, 5) is 16.3. The number of aromatic nitrogens is 3. The van der Waals surface area contributed by atoms with Gasteiger partial charge in [-0.25, -0.2) is 4.98 Å². The van der Waals surface area contributed by atoms with E-state index in [1.807, 2.05) is 30.3 Å². The lowest BCUT2D eigenvalue weighted by Gasteiger charge is -2.10. The number of aromatic amines is 1. The fourth-order valence-corrected chi connectivity index (χ4v) is 3.34. The van der Waals surface area contributed by atoms with Gasteiger partial charge in [0.2, 0.25) is 11.1 Å². The van der Waals surface area contributed by atoms with Gasteiger partial charge in [-0.05, 0) is 23.8 Å². The normalized spacial score (nSPS) is 11.9. The first-order valence-corrected chi connectivity index (χ1v) is 8.61. The van der Waals surface area contributed by atoms with Crippen molar-refractivity contribution in [3.63, 3.8) is 0 Å². The van der Waals surface area contributed by atoms with Crippen LogP contribution in [0.5, 0.6) is 5.75 Å². The van der Waals surface area contributed by atoms with Crippen LogP contribution in [0.2, 0.25) is 5.02 Å². The lowest BCUT2D eigenvalue weighted by Crippen LogP contribution is -2.19. The monoisotopic (exact) mass is 374 g/mol. The molecule has 0 aliphatic carbocycles. The molecule has 3 rings (SSSR count). The predicted octanol–water partition coefficient (Wildman–Crippen LogP) is 3.45. The molecule has 1 atom stereocenters. The first-order chi connectivity index (χ1) is 12.1. The van der Waals surface area contributed by atoms with Crippen LogP contribution in [0.25, 0.3) is 11.4 Å². The maximum Gasteiger partial charge on any atom is 0.235 e. The molecule has 0 saturated carbocycles. The van der Waals surface area contributed by atoms with Crippen LogP contribution in [0.3, 0.4) is 0 Å². The zero-order valence-corrected chi connectivity index (χ0v) is 14.8. The number of H-pyrrole nitrogens is 1. The Labute approximate surface area is 153 Å². The number of nitrogens with zero attached hydrogens (tertiary/aromatic N) is 2. The van der Waals surface area contributed by atoms with Crippen LogP contribution in [0, 0.1) is 0 Å². The molecule has 128 valence electrons. The smallest absolute Gasteiger partial charge is 0.235 e. The Balaban J connectivity index is 1.89. The van der Waals surface area contributed by atoms with E-state index in [1.165, 1.54) is 11.8 Å². The highest BCUT2D eigenvalue weighted by atomic mass is 35.5. The van der Waals surface area contributed by atoms with Crippen LogP contribution in [-0.4, -0.2) is 28.2 Å². The predicted molar refractivity (Wildman–Crippen MR) is 97.6 cm³/mol. The average molecular weight is 375 g/mol. The van der Waals surface area contributed by atoms with Crippen molar-refractivity contribution in [3.05, 3.63) is 59.1 Å². The summed E-state index contributed by atoms with van der Waals surface area (Å²) < 4.78 is 5.33. The maximum absolute atomic E-state index is 11.8. The molecule has 0 radical (unpaired) electrons. The van der Waals surface area contributed by atoms with Gasteiger partial charge in [-0.15, -0.1) is 5.10 Å². The van der Waals surface area contributed by atoms with Crippen molar-refractivity contribution < 1.29 is 9.53 Å². The van der Waals surface area contributed by atoms with Crippen molar-refractivity contribution in [2.75, 3.05) is 7.11 Å². The van der Waals surface area contributed by atoms with Crippen LogP contribution < -0.4 is 10.5 Å². The first kappa shape index (κ1) is 17.3. The third-order valence-electron chi connectivity index (χ3n) is 3.47. The quantitative estimate of drug-likeness (QED) is 0.644. The minimum absolute atomic E-state index is 0.407. The molecule has 1 aromatic heterocycles. The number of amides is 1. The molecule has 3 N–H and O–H groups in total. The fraction of sp³-hybridized carbons (Fsp3) is 0.118. The first-order valence-electron chi connectivity index (χ1n) is 7.35.